The molecule has 160 valence electrons. The molecule has 0 aliphatic carbocycles. The number of aromatic nitrogens is 1. The van der Waals surface area contributed by atoms with Gasteiger partial charge in [-0.2, -0.15) is 0 Å². The third-order valence-electron chi connectivity index (χ3n) is 5.08. The van der Waals surface area contributed by atoms with E-state index in [2.05, 4.69) is 34.2 Å². The van der Waals surface area contributed by atoms with Gasteiger partial charge in [-0.05, 0) is 29.8 Å². The number of piperazine rings is 1. The number of ether oxygens (including phenoxy) is 1. The van der Waals surface area contributed by atoms with E-state index in [4.69, 9.17) is 4.74 Å². The lowest BCUT2D eigenvalue weighted by molar-refractivity contribution is 0.0645. The predicted octanol–water partition coefficient (Wildman–Crippen LogP) is 4.33. The average molecular weight is 438 g/mol. The lowest BCUT2D eigenvalue weighted by Crippen LogP contribution is -2.48. The first-order valence-corrected chi connectivity index (χ1v) is 11.1. The normalized spacial score (nSPS) is 14.8. The van der Waals surface area contributed by atoms with Gasteiger partial charge in [-0.3, -0.25) is 9.69 Å². The maximum atomic E-state index is 13.0. The predicted molar refractivity (Wildman–Crippen MR) is 121 cm³/mol. The van der Waals surface area contributed by atoms with Crippen LogP contribution in [0.5, 0.6) is 5.75 Å². The Kier molecular flexibility index (Phi) is 7.07. The van der Waals surface area contributed by atoms with E-state index in [0.29, 0.717) is 24.5 Å². The van der Waals surface area contributed by atoms with Crippen molar-refractivity contribution in [2.24, 2.45) is 0 Å². The Hall–Kier alpha value is -3.03. The minimum absolute atomic E-state index is 0.0382. The molecule has 0 radical (unpaired) electrons. The van der Waals surface area contributed by atoms with Gasteiger partial charge in [0.05, 0.1) is 0 Å². The fourth-order valence-electron chi connectivity index (χ4n) is 3.35. The molecular weight excluding hydrogens is 413 g/mol. The molecule has 7 heteroatoms. The largest absolute Gasteiger partial charge is 0.486 e. The highest BCUT2D eigenvalue weighted by Crippen LogP contribution is 2.17. The van der Waals surface area contributed by atoms with Crippen LogP contribution in [-0.4, -0.2) is 53.4 Å². The molecule has 1 amide bonds. The third-order valence-corrected chi connectivity index (χ3v) is 5.90. The van der Waals surface area contributed by atoms with Crippen molar-refractivity contribution in [1.82, 2.24) is 14.8 Å². The van der Waals surface area contributed by atoms with Gasteiger partial charge in [-0.1, -0.05) is 42.5 Å². The van der Waals surface area contributed by atoms with Crippen molar-refractivity contribution in [2.75, 3.05) is 32.7 Å². The Balaban J connectivity index is 1.23. The summed E-state index contributed by atoms with van der Waals surface area (Å²) in [5.41, 5.74) is 1.65. The van der Waals surface area contributed by atoms with E-state index in [1.54, 1.807) is 17.5 Å². The molecule has 0 bridgehead atoms. The molecule has 1 aliphatic rings. The van der Waals surface area contributed by atoms with Crippen LogP contribution in [0.15, 0.2) is 66.1 Å². The molecule has 1 saturated heterocycles. The first-order chi connectivity index (χ1) is 15.2. The van der Waals surface area contributed by atoms with Gasteiger partial charge >= 0.3 is 0 Å². The number of halogens is 1. The number of rotatable bonds is 7. The smallest absolute Gasteiger partial charge is 0.273 e. The van der Waals surface area contributed by atoms with Crippen LogP contribution in [0.2, 0.25) is 0 Å². The van der Waals surface area contributed by atoms with Crippen LogP contribution >= 0.6 is 11.3 Å². The average Bonchev–Trinajstić information content (AvgIpc) is 3.28. The molecule has 3 aromatic rings. The van der Waals surface area contributed by atoms with Crippen LogP contribution in [-0.2, 0) is 6.61 Å². The number of carbonyl (C=O) groups excluding carboxylic acids is 1. The van der Waals surface area contributed by atoms with E-state index in [-0.39, 0.29) is 18.3 Å². The highest BCUT2D eigenvalue weighted by molar-refractivity contribution is 7.09. The van der Waals surface area contributed by atoms with Crippen molar-refractivity contribution in [2.45, 2.75) is 6.61 Å². The highest BCUT2D eigenvalue weighted by atomic mass is 32.1. The standard InChI is InChI=1S/C24H24FN3O2S/c25-20-8-10-21(11-9-20)30-17-23-26-22(18-31-23)24(29)28-15-13-27(14-16-28)12-4-7-19-5-2-1-3-6-19/h1-11,18H,12-17H2. The minimum atomic E-state index is -0.304. The van der Waals surface area contributed by atoms with Gasteiger partial charge in [0.1, 0.15) is 28.9 Å². The molecule has 1 fully saturated rings. The lowest BCUT2D eigenvalue weighted by atomic mass is 10.2. The maximum absolute atomic E-state index is 13.0. The maximum Gasteiger partial charge on any atom is 0.273 e. The number of hydrogen-bond acceptors (Lipinski definition) is 5. The first-order valence-electron chi connectivity index (χ1n) is 10.2. The second kappa shape index (κ2) is 10.3. The zero-order valence-corrected chi connectivity index (χ0v) is 17.9. The van der Waals surface area contributed by atoms with Gasteiger partial charge in [0, 0.05) is 38.1 Å². The van der Waals surface area contributed by atoms with Gasteiger partial charge in [0.15, 0.2) is 0 Å². The lowest BCUT2D eigenvalue weighted by Gasteiger charge is -2.33. The third kappa shape index (κ3) is 5.99. The molecule has 0 spiro atoms. The second-order valence-electron chi connectivity index (χ2n) is 7.27. The molecular formula is C24H24FN3O2S. The van der Waals surface area contributed by atoms with E-state index in [0.717, 1.165) is 24.6 Å². The van der Waals surface area contributed by atoms with Crippen molar-refractivity contribution in [3.8, 4) is 5.75 Å². The summed E-state index contributed by atoms with van der Waals surface area (Å²) in [4.78, 5) is 21.4. The summed E-state index contributed by atoms with van der Waals surface area (Å²) < 4.78 is 18.6. The Morgan fingerprint density at radius 2 is 1.81 bits per heavy atom. The van der Waals surface area contributed by atoms with E-state index in [9.17, 15) is 9.18 Å². The SMILES string of the molecule is O=C(c1csc(COc2ccc(F)cc2)n1)N1CCN(CC=Cc2ccccc2)CC1. The number of benzene rings is 2. The van der Waals surface area contributed by atoms with Crippen molar-refractivity contribution in [3.05, 3.63) is 88.1 Å². The van der Waals surface area contributed by atoms with Crippen LogP contribution in [0.3, 0.4) is 0 Å². The molecule has 0 N–H and O–H groups in total. The Labute approximate surface area is 185 Å². The number of carbonyl (C=O) groups is 1. The van der Waals surface area contributed by atoms with Crippen LogP contribution in [0.1, 0.15) is 21.1 Å². The molecule has 2 aromatic carbocycles. The van der Waals surface area contributed by atoms with Crippen LogP contribution < -0.4 is 4.74 Å². The molecule has 1 aliphatic heterocycles. The summed E-state index contributed by atoms with van der Waals surface area (Å²) in [6, 6.07) is 16.1. The number of nitrogens with zero attached hydrogens (tertiary/aromatic N) is 3. The first kappa shape index (κ1) is 21.2. The number of hydrogen-bond donors (Lipinski definition) is 0. The zero-order valence-electron chi connectivity index (χ0n) is 17.1. The van der Waals surface area contributed by atoms with E-state index < -0.39 is 0 Å². The van der Waals surface area contributed by atoms with E-state index >= 15 is 0 Å². The molecule has 0 atom stereocenters. The van der Waals surface area contributed by atoms with Crippen LogP contribution in [0, 0.1) is 5.82 Å². The quantitative estimate of drug-likeness (QED) is 0.552. The Morgan fingerprint density at radius 1 is 1.06 bits per heavy atom. The second-order valence-corrected chi connectivity index (χ2v) is 8.22. The minimum Gasteiger partial charge on any atom is -0.486 e. The summed E-state index contributed by atoms with van der Waals surface area (Å²) in [6.45, 7) is 4.20. The highest BCUT2D eigenvalue weighted by Gasteiger charge is 2.23. The monoisotopic (exact) mass is 437 g/mol. The Bertz CT molecular complexity index is 1010. The molecule has 2 heterocycles. The zero-order chi connectivity index (χ0) is 21.5. The van der Waals surface area contributed by atoms with Gasteiger partial charge in [-0.15, -0.1) is 11.3 Å². The van der Waals surface area contributed by atoms with Crippen molar-refractivity contribution in [3.63, 3.8) is 0 Å². The molecule has 5 nitrogen and oxygen atoms in total. The van der Waals surface area contributed by atoms with Gasteiger partial charge in [-0.25, -0.2) is 9.37 Å². The molecule has 0 unspecified atom stereocenters. The van der Waals surface area contributed by atoms with Crippen molar-refractivity contribution >= 4 is 23.3 Å². The topological polar surface area (TPSA) is 45.7 Å². The number of amides is 1. The van der Waals surface area contributed by atoms with Gasteiger partial charge < -0.3 is 9.64 Å². The summed E-state index contributed by atoms with van der Waals surface area (Å²) in [7, 11) is 0. The van der Waals surface area contributed by atoms with Gasteiger partial charge in [0.2, 0.25) is 0 Å². The fraction of sp³-hybridized carbons (Fsp3) is 0.250. The Morgan fingerprint density at radius 3 is 2.55 bits per heavy atom. The number of thiazole rings is 1. The molecule has 1 aromatic heterocycles. The summed E-state index contributed by atoms with van der Waals surface area (Å²) in [5.74, 6) is 0.229. The molecule has 0 saturated carbocycles. The van der Waals surface area contributed by atoms with Crippen molar-refractivity contribution in [1.29, 1.82) is 0 Å². The van der Waals surface area contributed by atoms with E-state index in [1.807, 2.05) is 23.1 Å². The fourth-order valence-corrected chi connectivity index (χ4v) is 4.03. The summed E-state index contributed by atoms with van der Waals surface area (Å²) >= 11 is 1.40. The summed E-state index contributed by atoms with van der Waals surface area (Å²) in [6.07, 6.45) is 4.29. The van der Waals surface area contributed by atoms with Crippen LogP contribution in [0.25, 0.3) is 6.08 Å². The van der Waals surface area contributed by atoms with E-state index in [1.165, 1.54) is 29.0 Å². The van der Waals surface area contributed by atoms with Crippen molar-refractivity contribution < 1.29 is 13.9 Å². The summed E-state index contributed by atoms with van der Waals surface area (Å²) in [5, 5.41) is 2.50. The molecule has 4 rings (SSSR count). The van der Waals surface area contributed by atoms with Gasteiger partial charge in [0.25, 0.3) is 5.91 Å². The molecule has 31 heavy (non-hydrogen) atoms. The van der Waals surface area contributed by atoms with Crippen LogP contribution in [0.4, 0.5) is 4.39 Å².